The fourth-order valence-corrected chi connectivity index (χ4v) is 1.90. The highest BCUT2D eigenvalue weighted by molar-refractivity contribution is 5.90. The summed E-state index contributed by atoms with van der Waals surface area (Å²) in [7, 11) is 0. The molecule has 0 fully saturated rings. The second-order valence-electron chi connectivity index (χ2n) is 6.19. The number of anilines is 1. The average molecular weight is 263 g/mol. The van der Waals surface area contributed by atoms with E-state index in [0.717, 1.165) is 18.7 Å². The van der Waals surface area contributed by atoms with Crippen molar-refractivity contribution >= 4 is 11.6 Å². The van der Waals surface area contributed by atoms with Crippen molar-refractivity contribution in [1.82, 2.24) is 9.97 Å². The Balaban J connectivity index is 2.56. The lowest BCUT2D eigenvalue weighted by molar-refractivity contribution is -0.117. The Morgan fingerprint density at radius 3 is 2.37 bits per heavy atom. The van der Waals surface area contributed by atoms with Gasteiger partial charge in [-0.15, -0.1) is 0 Å². The van der Waals surface area contributed by atoms with Gasteiger partial charge in [-0.3, -0.25) is 4.79 Å². The Hall–Kier alpha value is -1.45. The standard InChI is InChI=1S/C15H25N3O/c1-6-7-11(2)8-13(19)18-12-9-16-14(17-10-12)15(3,4)5/h9-11H,6-8H2,1-5H3,(H,18,19). The van der Waals surface area contributed by atoms with Gasteiger partial charge in [0.1, 0.15) is 5.82 Å². The number of nitrogens with zero attached hydrogens (tertiary/aromatic N) is 2. The van der Waals surface area contributed by atoms with Crippen LogP contribution in [-0.2, 0) is 10.2 Å². The summed E-state index contributed by atoms with van der Waals surface area (Å²) in [6, 6.07) is 0. The Labute approximate surface area is 116 Å². The zero-order chi connectivity index (χ0) is 14.5. The topological polar surface area (TPSA) is 54.9 Å². The number of amides is 1. The molecule has 0 aliphatic carbocycles. The molecule has 0 saturated heterocycles. The molecule has 1 N–H and O–H groups in total. The molecule has 1 heterocycles. The number of carbonyl (C=O) groups is 1. The van der Waals surface area contributed by atoms with E-state index in [-0.39, 0.29) is 11.3 Å². The minimum absolute atomic E-state index is 0.0352. The van der Waals surface area contributed by atoms with E-state index in [1.165, 1.54) is 0 Å². The predicted molar refractivity (Wildman–Crippen MR) is 78.1 cm³/mol. The van der Waals surface area contributed by atoms with E-state index in [1.807, 2.05) is 0 Å². The van der Waals surface area contributed by atoms with Crippen LogP contribution in [0.1, 0.15) is 59.7 Å². The third kappa shape index (κ3) is 5.37. The molecule has 1 aromatic rings. The fraction of sp³-hybridized carbons (Fsp3) is 0.667. The molecule has 19 heavy (non-hydrogen) atoms. The lowest BCUT2D eigenvalue weighted by Crippen LogP contribution is -2.18. The Bertz CT molecular complexity index is 406. The highest BCUT2D eigenvalue weighted by atomic mass is 16.1. The second-order valence-corrected chi connectivity index (χ2v) is 6.19. The van der Waals surface area contributed by atoms with Crippen LogP contribution in [0.3, 0.4) is 0 Å². The first-order valence-electron chi connectivity index (χ1n) is 6.95. The Kier molecular flexibility index (Phi) is 5.45. The van der Waals surface area contributed by atoms with E-state index in [9.17, 15) is 4.79 Å². The van der Waals surface area contributed by atoms with Crippen LogP contribution in [0, 0.1) is 5.92 Å². The van der Waals surface area contributed by atoms with Crippen molar-refractivity contribution in [2.24, 2.45) is 5.92 Å². The number of hydrogen-bond donors (Lipinski definition) is 1. The molecular formula is C15H25N3O. The summed E-state index contributed by atoms with van der Waals surface area (Å²) >= 11 is 0. The lowest BCUT2D eigenvalue weighted by Gasteiger charge is -2.16. The molecule has 0 aliphatic heterocycles. The molecule has 0 bridgehead atoms. The van der Waals surface area contributed by atoms with Gasteiger partial charge in [0.05, 0.1) is 18.1 Å². The summed E-state index contributed by atoms with van der Waals surface area (Å²) in [5.74, 6) is 1.23. The number of rotatable bonds is 5. The zero-order valence-electron chi connectivity index (χ0n) is 12.7. The molecule has 1 aromatic heterocycles. The van der Waals surface area contributed by atoms with Gasteiger partial charge in [-0.05, 0) is 5.92 Å². The minimum Gasteiger partial charge on any atom is -0.323 e. The maximum atomic E-state index is 11.8. The predicted octanol–water partition coefficient (Wildman–Crippen LogP) is 3.54. The smallest absolute Gasteiger partial charge is 0.224 e. The van der Waals surface area contributed by atoms with Crippen molar-refractivity contribution < 1.29 is 4.79 Å². The largest absolute Gasteiger partial charge is 0.323 e. The minimum atomic E-state index is -0.0713. The number of carbonyl (C=O) groups excluding carboxylic acids is 1. The molecular weight excluding hydrogens is 238 g/mol. The molecule has 0 aromatic carbocycles. The molecule has 0 aliphatic rings. The zero-order valence-corrected chi connectivity index (χ0v) is 12.7. The highest BCUT2D eigenvalue weighted by Gasteiger charge is 2.17. The van der Waals surface area contributed by atoms with E-state index in [4.69, 9.17) is 0 Å². The molecule has 1 rings (SSSR count). The third-order valence-corrected chi connectivity index (χ3v) is 2.92. The average Bonchev–Trinajstić information content (AvgIpc) is 2.28. The molecule has 1 unspecified atom stereocenters. The molecule has 0 radical (unpaired) electrons. The van der Waals surface area contributed by atoms with E-state index in [2.05, 4.69) is 49.9 Å². The van der Waals surface area contributed by atoms with E-state index in [1.54, 1.807) is 12.4 Å². The van der Waals surface area contributed by atoms with E-state index in [0.29, 0.717) is 18.0 Å². The van der Waals surface area contributed by atoms with Crippen molar-refractivity contribution in [2.45, 2.75) is 59.3 Å². The van der Waals surface area contributed by atoms with Gasteiger partial charge in [0.25, 0.3) is 0 Å². The maximum absolute atomic E-state index is 11.8. The summed E-state index contributed by atoms with van der Waals surface area (Å²) in [5, 5.41) is 2.85. The maximum Gasteiger partial charge on any atom is 0.224 e. The van der Waals surface area contributed by atoms with Gasteiger partial charge >= 0.3 is 0 Å². The van der Waals surface area contributed by atoms with Crippen molar-refractivity contribution in [3.63, 3.8) is 0 Å². The molecule has 4 nitrogen and oxygen atoms in total. The summed E-state index contributed by atoms with van der Waals surface area (Å²) in [5.41, 5.74) is 0.597. The van der Waals surface area contributed by atoms with Gasteiger partial charge in [-0.25, -0.2) is 9.97 Å². The van der Waals surface area contributed by atoms with Crippen molar-refractivity contribution in [3.05, 3.63) is 18.2 Å². The normalized spacial score (nSPS) is 13.1. The van der Waals surface area contributed by atoms with Crippen LogP contribution in [-0.4, -0.2) is 15.9 Å². The molecule has 1 atom stereocenters. The van der Waals surface area contributed by atoms with Gasteiger partial charge < -0.3 is 5.32 Å². The van der Waals surface area contributed by atoms with Crippen LogP contribution in [0.25, 0.3) is 0 Å². The lowest BCUT2D eigenvalue weighted by atomic mass is 9.96. The first-order chi connectivity index (χ1) is 8.82. The number of nitrogens with one attached hydrogen (secondary N) is 1. The quantitative estimate of drug-likeness (QED) is 0.884. The highest BCUT2D eigenvalue weighted by Crippen LogP contribution is 2.18. The second kappa shape index (κ2) is 6.64. The van der Waals surface area contributed by atoms with Crippen LogP contribution in [0.15, 0.2) is 12.4 Å². The van der Waals surface area contributed by atoms with Crippen molar-refractivity contribution in [3.8, 4) is 0 Å². The van der Waals surface area contributed by atoms with Gasteiger partial charge in [0.2, 0.25) is 5.91 Å². The Morgan fingerprint density at radius 1 is 1.32 bits per heavy atom. The van der Waals surface area contributed by atoms with Crippen LogP contribution < -0.4 is 5.32 Å². The van der Waals surface area contributed by atoms with Crippen LogP contribution in [0.5, 0.6) is 0 Å². The van der Waals surface area contributed by atoms with Crippen LogP contribution in [0.4, 0.5) is 5.69 Å². The van der Waals surface area contributed by atoms with Crippen molar-refractivity contribution in [2.75, 3.05) is 5.32 Å². The monoisotopic (exact) mass is 263 g/mol. The third-order valence-electron chi connectivity index (χ3n) is 2.92. The van der Waals surface area contributed by atoms with Crippen LogP contribution in [0.2, 0.25) is 0 Å². The van der Waals surface area contributed by atoms with E-state index >= 15 is 0 Å². The molecule has 4 heteroatoms. The summed E-state index contributed by atoms with van der Waals surface area (Å²) < 4.78 is 0. The molecule has 1 amide bonds. The fourth-order valence-electron chi connectivity index (χ4n) is 1.90. The van der Waals surface area contributed by atoms with Crippen molar-refractivity contribution in [1.29, 1.82) is 0 Å². The van der Waals surface area contributed by atoms with Gasteiger partial charge in [-0.1, -0.05) is 47.5 Å². The van der Waals surface area contributed by atoms with E-state index < -0.39 is 0 Å². The number of hydrogen-bond acceptors (Lipinski definition) is 3. The number of aromatic nitrogens is 2. The first-order valence-corrected chi connectivity index (χ1v) is 6.95. The molecule has 106 valence electrons. The van der Waals surface area contributed by atoms with Crippen LogP contribution >= 0.6 is 0 Å². The molecule has 0 spiro atoms. The summed E-state index contributed by atoms with van der Waals surface area (Å²) in [6.07, 6.45) is 6.09. The van der Waals surface area contributed by atoms with Gasteiger partial charge in [-0.2, -0.15) is 0 Å². The van der Waals surface area contributed by atoms with Gasteiger partial charge in [0, 0.05) is 11.8 Å². The molecule has 0 saturated carbocycles. The Morgan fingerprint density at radius 2 is 1.89 bits per heavy atom. The summed E-state index contributed by atoms with van der Waals surface area (Å²) in [4.78, 5) is 20.4. The summed E-state index contributed by atoms with van der Waals surface area (Å²) in [6.45, 7) is 10.4. The SMILES string of the molecule is CCCC(C)CC(=O)Nc1cnc(C(C)(C)C)nc1. The first kappa shape index (κ1) is 15.6. The van der Waals surface area contributed by atoms with Gasteiger partial charge in [0.15, 0.2) is 0 Å².